The molecule has 1 N–H and O–H groups in total. The standard InChI is InChI=1S/C19H14N2O4/c1-2-24-19(23)17-16(14-5-3-4-6-15(14)25-17)21-18(22)13-9-7-12(11-20)8-10-13/h3-10H,2H2,1H3,(H,21,22). The Kier molecular flexibility index (Phi) is 4.48. The number of ether oxygens (including phenoxy) is 1. The van der Waals surface area contributed by atoms with Crippen LogP contribution in [0.25, 0.3) is 11.0 Å². The first-order valence-corrected chi connectivity index (χ1v) is 7.64. The average Bonchev–Trinajstić information content (AvgIpc) is 3.01. The third-order valence-corrected chi connectivity index (χ3v) is 3.57. The van der Waals surface area contributed by atoms with Gasteiger partial charge in [0.1, 0.15) is 11.3 Å². The van der Waals surface area contributed by atoms with Crippen LogP contribution in [0.1, 0.15) is 33.4 Å². The van der Waals surface area contributed by atoms with Crippen LogP contribution in [0.3, 0.4) is 0 Å². The van der Waals surface area contributed by atoms with E-state index in [0.29, 0.717) is 22.1 Å². The van der Waals surface area contributed by atoms with Crippen LogP contribution in [0.4, 0.5) is 5.69 Å². The first-order valence-electron chi connectivity index (χ1n) is 7.64. The second-order valence-electron chi connectivity index (χ2n) is 5.17. The van der Waals surface area contributed by atoms with Gasteiger partial charge in [-0.25, -0.2) is 4.79 Å². The van der Waals surface area contributed by atoms with Crippen molar-refractivity contribution < 1.29 is 18.7 Å². The van der Waals surface area contributed by atoms with Gasteiger partial charge >= 0.3 is 5.97 Å². The number of nitrogens with one attached hydrogen (secondary N) is 1. The molecule has 0 fully saturated rings. The van der Waals surface area contributed by atoms with Crippen LogP contribution in [0.2, 0.25) is 0 Å². The lowest BCUT2D eigenvalue weighted by Crippen LogP contribution is -2.14. The van der Waals surface area contributed by atoms with Crippen LogP contribution in [0, 0.1) is 11.3 Å². The average molecular weight is 334 g/mol. The summed E-state index contributed by atoms with van der Waals surface area (Å²) < 4.78 is 10.6. The van der Waals surface area contributed by atoms with Gasteiger partial charge in [-0.1, -0.05) is 12.1 Å². The number of carbonyl (C=O) groups is 2. The van der Waals surface area contributed by atoms with Gasteiger partial charge in [-0.3, -0.25) is 4.79 Å². The molecule has 0 saturated heterocycles. The summed E-state index contributed by atoms with van der Waals surface area (Å²) in [6, 6.07) is 15.2. The Morgan fingerprint density at radius 3 is 2.56 bits per heavy atom. The molecular weight excluding hydrogens is 320 g/mol. The molecule has 0 unspecified atom stereocenters. The molecule has 1 aromatic heterocycles. The van der Waals surface area contributed by atoms with Crippen LogP contribution in [-0.2, 0) is 4.74 Å². The van der Waals surface area contributed by atoms with E-state index in [9.17, 15) is 9.59 Å². The largest absolute Gasteiger partial charge is 0.460 e. The zero-order valence-corrected chi connectivity index (χ0v) is 13.4. The van der Waals surface area contributed by atoms with Gasteiger partial charge in [0.05, 0.1) is 18.2 Å². The van der Waals surface area contributed by atoms with E-state index >= 15 is 0 Å². The third kappa shape index (κ3) is 3.21. The number of benzene rings is 2. The Balaban J connectivity index is 1.98. The zero-order chi connectivity index (χ0) is 17.8. The molecule has 0 aliphatic carbocycles. The molecule has 124 valence electrons. The van der Waals surface area contributed by atoms with Crippen molar-refractivity contribution in [3.63, 3.8) is 0 Å². The van der Waals surface area contributed by atoms with Crippen molar-refractivity contribution in [1.29, 1.82) is 5.26 Å². The number of amides is 1. The van der Waals surface area contributed by atoms with Gasteiger partial charge in [-0.05, 0) is 43.3 Å². The normalized spacial score (nSPS) is 10.2. The smallest absolute Gasteiger partial charge is 0.376 e. The summed E-state index contributed by atoms with van der Waals surface area (Å²) in [7, 11) is 0. The highest BCUT2D eigenvalue weighted by Crippen LogP contribution is 2.31. The number of fused-ring (bicyclic) bond motifs is 1. The number of nitrogens with zero attached hydrogens (tertiary/aromatic N) is 1. The summed E-state index contributed by atoms with van der Waals surface area (Å²) in [4.78, 5) is 24.6. The quantitative estimate of drug-likeness (QED) is 0.734. The van der Waals surface area contributed by atoms with Gasteiger partial charge in [0.15, 0.2) is 0 Å². The second-order valence-corrected chi connectivity index (χ2v) is 5.17. The molecule has 1 heterocycles. The van der Waals surface area contributed by atoms with Gasteiger partial charge in [0.25, 0.3) is 5.91 Å². The SMILES string of the molecule is CCOC(=O)c1oc2ccccc2c1NC(=O)c1ccc(C#N)cc1. The summed E-state index contributed by atoms with van der Waals surface area (Å²) in [5, 5.41) is 12.1. The molecule has 3 aromatic rings. The summed E-state index contributed by atoms with van der Waals surface area (Å²) in [6.07, 6.45) is 0. The van der Waals surface area contributed by atoms with Crippen LogP contribution in [0.5, 0.6) is 0 Å². The predicted octanol–water partition coefficient (Wildman–Crippen LogP) is 3.73. The lowest BCUT2D eigenvalue weighted by atomic mass is 10.1. The molecule has 1 amide bonds. The second kappa shape index (κ2) is 6.89. The van der Waals surface area contributed by atoms with Crippen molar-refractivity contribution in [2.75, 3.05) is 11.9 Å². The number of esters is 1. The van der Waals surface area contributed by atoms with Crippen molar-refractivity contribution in [2.45, 2.75) is 6.92 Å². The maximum absolute atomic E-state index is 12.5. The molecular formula is C19H14N2O4. The van der Waals surface area contributed by atoms with E-state index in [2.05, 4.69) is 5.32 Å². The van der Waals surface area contributed by atoms with Crippen molar-refractivity contribution in [3.8, 4) is 6.07 Å². The fraction of sp³-hybridized carbons (Fsp3) is 0.105. The number of furan rings is 1. The Morgan fingerprint density at radius 1 is 1.16 bits per heavy atom. The molecule has 6 nitrogen and oxygen atoms in total. The summed E-state index contributed by atoms with van der Waals surface area (Å²) in [5.41, 5.74) is 1.56. The Hall–Kier alpha value is -3.59. The number of hydrogen-bond donors (Lipinski definition) is 1. The van der Waals surface area contributed by atoms with Crippen LogP contribution < -0.4 is 5.32 Å². The molecule has 0 bridgehead atoms. The number of para-hydroxylation sites is 1. The number of anilines is 1. The highest BCUT2D eigenvalue weighted by Gasteiger charge is 2.23. The van der Waals surface area contributed by atoms with E-state index in [0.717, 1.165) is 0 Å². The van der Waals surface area contributed by atoms with E-state index < -0.39 is 11.9 Å². The van der Waals surface area contributed by atoms with E-state index in [-0.39, 0.29) is 18.1 Å². The summed E-state index contributed by atoms with van der Waals surface area (Å²) >= 11 is 0. The van der Waals surface area contributed by atoms with Gasteiger partial charge < -0.3 is 14.5 Å². The minimum atomic E-state index is -0.645. The first-order chi connectivity index (χ1) is 12.1. The molecule has 0 aliphatic rings. The highest BCUT2D eigenvalue weighted by atomic mass is 16.5. The fourth-order valence-electron chi connectivity index (χ4n) is 2.39. The number of hydrogen-bond acceptors (Lipinski definition) is 5. The molecule has 0 atom stereocenters. The van der Waals surface area contributed by atoms with Gasteiger partial charge in [0, 0.05) is 10.9 Å². The highest BCUT2D eigenvalue weighted by molar-refractivity contribution is 6.13. The van der Waals surface area contributed by atoms with Gasteiger partial charge in [0.2, 0.25) is 5.76 Å². The minimum Gasteiger partial charge on any atom is -0.460 e. The van der Waals surface area contributed by atoms with Crippen molar-refractivity contribution in [1.82, 2.24) is 0 Å². The monoisotopic (exact) mass is 334 g/mol. The lowest BCUT2D eigenvalue weighted by Gasteiger charge is -2.06. The maximum atomic E-state index is 12.5. The minimum absolute atomic E-state index is 0.0509. The van der Waals surface area contributed by atoms with Crippen molar-refractivity contribution in [2.24, 2.45) is 0 Å². The molecule has 3 rings (SSSR count). The van der Waals surface area contributed by atoms with Crippen molar-refractivity contribution in [3.05, 3.63) is 65.4 Å². The van der Waals surface area contributed by atoms with Crippen LogP contribution in [-0.4, -0.2) is 18.5 Å². The Bertz CT molecular complexity index is 981. The molecule has 2 aromatic carbocycles. The first kappa shape index (κ1) is 16.3. The maximum Gasteiger partial charge on any atom is 0.376 e. The topological polar surface area (TPSA) is 92.3 Å². The number of carbonyl (C=O) groups excluding carboxylic acids is 2. The Morgan fingerprint density at radius 2 is 1.88 bits per heavy atom. The molecule has 25 heavy (non-hydrogen) atoms. The predicted molar refractivity (Wildman–Crippen MR) is 91.3 cm³/mol. The summed E-state index contributed by atoms with van der Waals surface area (Å²) in [5.74, 6) is -1.11. The Labute approximate surface area is 143 Å². The lowest BCUT2D eigenvalue weighted by molar-refractivity contribution is 0.0494. The van der Waals surface area contributed by atoms with Gasteiger partial charge in [-0.15, -0.1) is 0 Å². The molecule has 0 saturated carbocycles. The molecule has 0 spiro atoms. The summed E-state index contributed by atoms with van der Waals surface area (Å²) in [6.45, 7) is 1.88. The van der Waals surface area contributed by atoms with E-state index in [1.165, 1.54) is 0 Å². The number of rotatable bonds is 4. The van der Waals surface area contributed by atoms with E-state index in [1.807, 2.05) is 6.07 Å². The van der Waals surface area contributed by atoms with Crippen LogP contribution in [0.15, 0.2) is 52.9 Å². The van der Waals surface area contributed by atoms with Crippen LogP contribution >= 0.6 is 0 Å². The molecule has 0 aliphatic heterocycles. The molecule has 6 heteroatoms. The van der Waals surface area contributed by atoms with E-state index in [4.69, 9.17) is 14.4 Å². The number of nitriles is 1. The van der Waals surface area contributed by atoms with Gasteiger partial charge in [-0.2, -0.15) is 5.26 Å². The van der Waals surface area contributed by atoms with Crippen molar-refractivity contribution >= 4 is 28.5 Å². The molecule has 0 radical (unpaired) electrons. The fourth-order valence-corrected chi connectivity index (χ4v) is 2.39. The van der Waals surface area contributed by atoms with E-state index in [1.54, 1.807) is 55.5 Å². The zero-order valence-electron chi connectivity index (χ0n) is 13.4. The third-order valence-electron chi connectivity index (χ3n) is 3.57.